The predicted octanol–water partition coefficient (Wildman–Crippen LogP) is 3.44. The quantitative estimate of drug-likeness (QED) is 0.699. The van der Waals surface area contributed by atoms with Crippen molar-refractivity contribution >= 4 is 11.3 Å². The van der Waals surface area contributed by atoms with Crippen molar-refractivity contribution in [2.45, 2.75) is 51.4 Å². The van der Waals surface area contributed by atoms with E-state index in [-0.39, 0.29) is 11.7 Å². The molecular weight excluding hydrogens is 356 g/mol. The van der Waals surface area contributed by atoms with Gasteiger partial charge in [0.1, 0.15) is 5.82 Å². The van der Waals surface area contributed by atoms with Gasteiger partial charge in [0, 0.05) is 24.4 Å². The summed E-state index contributed by atoms with van der Waals surface area (Å²) in [7, 11) is 0. The van der Waals surface area contributed by atoms with Crippen LogP contribution in [0.1, 0.15) is 47.1 Å². The Morgan fingerprint density at radius 2 is 1.93 bits per heavy atom. The average Bonchev–Trinajstić information content (AvgIpc) is 3.20. The fourth-order valence-electron chi connectivity index (χ4n) is 4.44. The molecule has 5 nitrogen and oxygen atoms in total. The van der Waals surface area contributed by atoms with Crippen LogP contribution in [0.5, 0.6) is 0 Å². The van der Waals surface area contributed by atoms with Gasteiger partial charge in [0.2, 0.25) is 0 Å². The second kappa shape index (κ2) is 7.09. The molecule has 2 aliphatic heterocycles. The first-order valence-corrected chi connectivity index (χ1v) is 10.7. The highest BCUT2D eigenvalue weighted by molar-refractivity contribution is 7.10. The summed E-state index contributed by atoms with van der Waals surface area (Å²) in [6, 6.07) is 13.1. The first-order valence-electron chi connectivity index (χ1n) is 9.83. The Kier molecular flexibility index (Phi) is 4.45. The van der Waals surface area contributed by atoms with Gasteiger partial charge < -0.3 is 0 Å². The lowest BCUT2D eigenvalue weighted by Gasteiger charge is -2.35. The van der Waals surface area contributed by atoms with Crippen LogP contribution in [0.2, 0.25) is 0 Å². The zero-order chi connectivity index (χ0) is 18.2. The summed E-state index contributed by atoms with van der Waals surface area (Å²) < 4.78 is 3.58. The summed E-state index contributed by atoms with van der Waals surface area (Å²) in [5.41, 5.74) is 2.71. The van der Waals surface area contributed by atoms with Gasteiger partial charge in [0.25, 0.3) is 0 Å². The maximum Gasteiger partial charge on any atom is 0.347 e. The van der Waals surface area contributed by atoms with Crippen molar-refractivity contribution in [2.24, 2.45) is 0 Å². The molecule has 2 aliphatic rings. The second-order valence-electron chi connectivity index (χ2n) is 7.48. The average molecular weight is 381 g/mol. The van der Waals surface area contributed by atoms with E-state index < -0.39 is 0 Å². The van der Waals surface area contributed by atoms with E-state index in [2.05, 4.69) is 46.7 Å². The lowest BCUT2D eigenvalue weighted by molar-refractivity contribution is 0.154. The Bertz CT molecular complexity index is 987. The fourth-order valence-corrected chi connectivity index (χ4v) is 5.34. The van der Waals surface area contributed by atoms with E-state index in [0.717, 1.165) is 44.6 Å². The van der Waals surface area contributed by atoms with E-state index in [1.807, 2.05) is 15.9 Å². The van der Waals surface area contributed by atoms with Crippen molar-refractivity contribution < 1.29 is 0 Å². The van der Waals surface area contributed by atoms with Gasteiger partial charge in [0.15, 0.2) is 0 Å². The number of hydrogen-bond acceptors (Lipinski definition) is 4. The molecule has 3 aromatic rings. The van der Waals surface area contributed by atoms with Gasteiger partial charge in [0.05, 0.1) is 12.7 Å². The summed E-state index contributed by atoms with van der Waals surface area (Å²) in [6.45, 7) is 2.31. The van der Waals surface area contributed by atoms with Crippen molar-refractivity contribution in [1.29, 1.82) is 0 Å². The molecular formula is C21H24N4OS. The minimum absolute atomic E-state index is 0.0508. The van der Waals surface area contributed by atoms with Crippen LogP contribution >= 0.6 is 11.3 Å². The first kappa shape index (κ1) is 17.0. The van der Waals surface area contributed by atoms with Gasteiger partial charge >= 0.3 is 5.69 Å². The minimum atomic E-state index is 0.0508. The van der Waals surface area contributed by atoms with Crippen molar-refractivity contribution in [1.82, 2.24) is 19.2 Å². The monoisotopic (exact) mass is 380 g/mol. The second-order valence-corrected chi connectivity index (χ2v) is 8.48. The highest BCUT2D eigenvalue weighted by atomic mass is 32.1. The molecule has 5 rings (SSSR count). The number of fused-ring (bicyclic) bond motifs is 2. The van der Waals surface area contributed by atoms with E-state index in [1.165, 1.54) is 22.4 Å². The first-order chi connectivity index (χ1) is 13.3. The van der Waals surface area contributed by atoms with E-state index >= 15 is 0 Å². The smallest absolute Gasteiger partial charge is 0.279 e. The number of rotatable bonds is 3. The number of benzene rings is 1. The molecule has 0 spiro atoms. The van der Waals surface area contributed by atoms with Gasteiger partial charge in [-0.2, -0.15) is 9.78 Å². The highest BCUT2D eigenvalue weighted by Gasteiger charge is 2.30. The topological polar surface area (TPSA) is 43.1 Å². The van der Waals surface area contributed by atoms with Crippen LogP contribution < -0.4 is 5.69 Å². The third-order valence-electron chi connectivity index (χ3n) is 5.78. The Balaban J connectivity index is 1.50. The lowest BCUT2D eigenvalue weighted by Crippen LogP contribution is -2.40. The molecule has 1 aromatic carbocycles. The fraction of sp³-hybridized carbons (Fsp3) is 0.429. The minimum Gasteiger partial charge on any atom is -0.279 e. The summed E-state index contributed by atoms with van der Waals surface area (Å²) >= 11 is 1.84. The predicted molar refractivity (Wildman–Crippen MR) is 107 cm³/mol. The third kappa shape index (κ3) is 3.07. The van der Waals surface area contributed by atoms with Crippen LogP contribution in [-0.2, 0) is 26.1 Å². The van der Waals surface area contributed by atoms with Crippen LogP contribution in [-0.4, -0.2) is 25.8 Å². The molecule has 0 radical (unpaired) electrons. The van der Waals surface area contributed by atoms with Crippen molar-refractivity contribution in [3.05, 3.63) is 74.1 Å². The van der Waals surface area contributed by atoms with Gasteiger partial charge in [-0.25, -0.2) is 4.79 Å². The Morgan fingerprint density at radius 3 is 2.81 bits per heavy atom. The standard InChI is InChI=1S/C21H24N4OS/c26-21-24-12-6-2-5-9-19(24)22-25(21)15-23-13-10-18-17(11-14-27-18)20(23)16-7-3-1-4-8-16/h1,3-4,7-8,11,14,20H,2,5-6,9-10,12-13,15H2/t20-/m0/s1. The molecule has 140 valence electrons. The van der Waals surface area contributed by atoms with E-state index in [4.69, 9.17) is 5.10 Å². The van der Waals surface area contributed by atoms with Gasteiger partial charge in [-0.15, -0.1) is 11.3 Å². The lowest BCUT2D eigenvalue weighted by atomic mass is 9.94. The van der Waals surface area contributed by atoms with Gasteiger partial charge in [-0.05, 0) is 41.8 Å². The normalized spacial score (nSPS) is 20.1. The van der Waals surface area contributed by atoms with Gasteiger partial charge in [-0.1, -0.05) is 36.8 Å². The molecule has 0 amide bonds. The SMILES string of the molecule is O=c1n(CN2CCc3sccc3[C@@H]2c2ccccc2)nc2n1CCCCC2. The summed E-state index contributed by atoms with van der Waals surface area (Å²) in [5.74, 6) is 0.960. The Hall–Kier alpha value is -2.18. The maximum atomic E-state index is 12.9. The summed E-state index contributed by atoms with van der Waals surface area (Å²) in [4.78, 5) is 16.8. The van der Waals surface area contributed by atoms with Crippen molar-refractivity contribution in [3.63, 3.8) is 0 Å². The third-order valence-corrected chi connectivity index (χ3v) is 6.77. The summed E-state index contributed by atoms with van der Waals surface area (Å²) in [6.07, 6.45) is 5.35. The van der Waals surface area contributed by atoms with Crippen LogP contribution in [0.15, 0.2) is 46.6 Å². The van der Waals surface area contributed by atoms with Crippen LogP contribution in [0.4, 0.5) is 0 Å². The molecule has 2 aromatic heterocycles. The van der Waals surface area contributed by atoms with Crippen LogP contribution in [0, 0.1) is 0 Å². The van der Waals surface area contributed by atoms with E-state index in [0.29, 0.717) is 6.67 Å². The summed E-state index contributed by atoms with van der Waals surface area (Å²) in [5, 5.41) is 6.89. The number of thiophene rings is 1. The number of aryl methyl sites for hydroxylation is 1. The van der Waals surface area contributed by atoms with E-state index in [9.17, 15) is 4.79 Å². The molecule has 0 saturated carbocycles. The highest BCUT2D eigenvalue weighted by Crippen LogP contribution is 2.37. The maximum absolute atomic E-state index is 12.9. The molecule has 27 heavy (non-hydrogen) atoms. The molecule has 0 bridgehead atoms. The number of aromatic nitrogens is 3. The molecule has 0 unspecified atom stereocenters. The number of hydrogen-bond donors (Lipinski definition) is 0. The van der Waals surface area contributed by atoms with E-state index in [1.54, 1.807) is 4.68 Å². The zero-order valence-electron chi connectivity index (χ0n) is 15.4. The largest absolute Gasteiger partial charge is 0.347 e. The molecule has 0 N–H and O–H groups in total. The Labute approximate surface area is 162 Å². The number of nitrogens with zero attached hydrogens (tertiary/aromatic N) is 4. The molecule has 6 heteroatoms. The Morgan fingerprint density at radius 1 is 1.04 bits per heavy atom. The molecule has 1 atom stereocenters. The van der Waals surface area contributed by atoms with Crippen LogP contribution in [0.25, 0.3) is 0 Å². The van der Waals surface area contributed by atoms with Crippen molar-refractivity contribution in [3.8, 4) is 0 Å². The molecule has 4 heterocycles. The van der Waals surface area contributed by atoms with Crippen LogP contribution in [0.3, 0.4) is 0 Å². The molecule has 0 aliphatic carbocycles. The molecule has 0 fully saturated rings. The van der Waals surface area contributed by atoms with Crippen molar-refractivity contribution in [2.75, 3.05) is 6.54 Å². The zero-order valence-corrected chi connectivity index (χ0v) is 16.2. The van der Waals surface area contributed by atoms with Gasteiger partial charge in [-0.3, -0.25) is 9.47 Å². The molecule has 0 saturated heterocycles.